The molecule has 100 valence electrons. The Morgan fingerprint density at radius 3 is 2.53 bits per heavy atom. The molecule has 0 saturated carbocycles. The Bertz CT molecular complexity index is 563. The molecule has 0 aliphatic rings. The molecule has 0 radical (unpaired) electrons. The van der Waals surface area contributed by atoms with Crippen molar-refractivity contribution in [3.8, 4) is 0 Å². The Labute approximate surface area is 117 Å². The highest BCUT2D eigenvalue weighted by Gasteiger charge is 2.12. The van der Waals surface area contributed by atoms with Gasteiger partial charge in [0.1, 0.15) is 4.88 Å². The molecule has 0 bridgehead atoms. The van der Waals surface area contributed by atoms with E-state index >= 15 is 0 Å². The van der Waals surface area contributed by atoms with E-state index in [9.17, 15) is 4.79 Å². The molecule has 0 saturated heterocycles. The summed E-state index contributed by atoms with van der Waals surface area (Å²) < 4.78 is 0. The van der Waals surface area contributed by atoms with Crippen LogP contribution in [0.25, 0.3) is 0 Å². The van der Waals surface area contributed by atoms with Gasteiger partial charge < -0.3 is 5.11 Å². The predicted octanol–water partition coefficient (Wildman–Crippen LogP) is 3.39. The molecule has 2 rings (SSSR count). The standard InChI is InChI=1S/C15H17NO2S/c1-11-13(8-14(19-11)15(17)18)10-16(2)9-12-6-4-3-5-7-12/h3-8H,9-10H2,1-2H3,(H,17,18). The van der Waals surface area contributed by atoms with Crippen LogP contribution in [-0.4, -0.2) is 23.0 Å². The second-order valence-electron chi connectivity index (χ2n) is 4.66. The summed E-state index contributed by atoms with van der Waals surface area (Å²) in [6, 6.07) is 12.0. The summed E-state index contributed by atoms with van der Waals surface area (Å²) in [4.78, 5) is 14.6. The van der Waals surface area contributed by atoms with Crippen molar-refractivity contribution < 1.29 is 9.90 Å². The quantitative estimate of drug-likeness (QED) is 0.909. The van der Waals surface area contributed by atoms with Gasteiger partial charge in [-0.05, 0) is 31.2 Å². The topological polar surface area (TPSA) is 40.5 Å². The lowest BCUT2D eigenvalue weighted by molar-refractivity contribution is 0.0702. The third-order valence-electron chi connectivity index (χ3n) is 2.97. The van der Waals surface area contributed by atoms with E-state index in [0.717, 1.165) is 23.5 Å². The molecule has 0 spiro atoms. The number of thiophene rings is 1. The smallest absolute Gasteiger partial charge is 0.345 e. The van der Waals surface area contributed by atoms with Crippen LogP contribution in [0.5, 0.6) is 0 Å². The van der Waals surface area contributed by atoms with E-state index in [2.05, 4.69) is 17.0 Å². The van der Waals surface area contributed by atoms with E-state index in [1.807, 2.05) is 32.2 Å². The largest absolute Gasteiger partial charge is 0.477 e. The first kappa shape index (κ1) is 13.8. The molecule has 19 heavy (non-hydrogen) atoms. The summed E-state index contributed by atoms with van der Waals surface area (Å²) in [5.41, 5.74) is 2.36. The number of carbonyl (C=O) groups is 1. The molecule has 0 aliphatic carbocycles. The average Bonchev–Trinajstić information content (AvgIpc) is 2.72. The molecule has 1 heterocycles. The van der Waals surface area contributed by atoms with E-state index in [1.54, 1.807) is 6.07 Å². The molecule has 1 N–H and O–H groups in total. The number of carboxylic acid groups (broad SMARTS) is 1. The van der Waals surface area contributed by atoms with Gasteiger partial charge in [-0.1, -0.05) is 30.3 Å². The van der Waals surface area contributed by atoms with E-state index in [0.29, 0.717) is 4.88 Å². The van der Waals surface area contributed by atoms with Crippen LogP contribution >= 0.6 is 11.3 Å². The summed E-state index contributed by atoms with van der Waals surface area (Å²) in [5.74, 6) is -0.843. The molecular weight excluding hydrogens is 258 g/mol. The van der Waals surface area contributed by atoms with Gasteiger partial charge in [-0.2, -0.15) is 0 Å². The van der Waals surface area contributed by atoms with Crippen LogP contribution in [0.2, 0.25) is 0 Å². The molecule has 0 fully saturated rings. The fourth-order valence-electron chi connectivity index (χ4n) is 2.02. The van der Waals surface area contributed by atoms with Gasteiger partial charge in [0.15, 0.2) is 0 Å². The predicted molar refractivity (Wildman–Crippen MR) is 77.6 cm³/mol. The van der Waals surface area contributed by atoms with Crippen molar-refractivity contribution in [2.45, 2.75) is 20.0 Å². The van der Waals surface area contributed by atoms with Crippen molar-refractivity contribution in [1.29, 1.82) is 0 Å². The van der Waals surface area contributed by atoms with Gasteiger partial charge in [0, 0.05) is 18.0 Å². The van der Waals surface area contributed by atoms with Gasteiger partial charge in [-0.15, -0.1) is 11.3 Å². The molecule has 3 nitrogen and oxygen atoms in total. The maximum atomic E-state index is 10.9. The summed E-state index contributed by atoms with van der Waals surface area (Å²) in [6.07, 6.45) is 0. The third kappa shape index (κ3) is 3.66. The maximum absolute atomic E-state index is 10.9. The lowest BCUT2D eigenvalue weighted by atomic mass is 10.2. The molecular formula is C15H17NO2S. The van der Waals surface area contributed by atoms with E-state index < -0.39 is 5.97 Å². The number of hydrogen-bond acceptors (Lipinski definition) is 3. The normalized spacial score (nSPS) is 10.9. The zero-order chi connectivity index (χ0) is 13.8. The van der Waals surface area contributed by atoms with Gasteiger partial charge in [-0.25, -0.2) is 4.79 Å². The van der Waals surface area contributed by atoms with Gasteiger partial charge in [0.25, 0.3) is 0 Å². The molecule has 0 atom stereocenters. The Hall–Kier alpha value is -1.65. The third-order valence-corrected chi connectivity index (χ3v) is 4.05. The van der Waals surface area contributed by atoms with Crippen molar-refractivity contribution >= 4 is 17.3 Å². The minimum Gasteiger partial charge on any atom is -0.477 e. The fourth-order valence-corrected chi connectivity index (χ4v) is 2.90. The van der Waals surface area contributed by atoms with Crippen molar-refractivity contribution in [2.24, 2.45) is 0 Å². The molecule has 0 aliphatic heterocycles. The van der Waals surface area contributed by atoms with Crippen LogP contribution in [0.1, 0.15) is 25.7 Å². The summed E-state index contributed by atoms with van der Waals surface area (Å²) in [5, 5.41) is 8.99. The lowest BCUT2D eigenvalue weighted by Gasteiger charge is -2.16. The molecule has 0 amide bonds. The van der Waals surface area contributed by atoms with E-state index in [1.165, 1.54) is 16.9 Å². The van der Waals surface area contributed by atoms with Crippen LogP contribution in [0.3, 0.4) is 0 Å². The number of hydrogen-bond donors (Lipinski definition) is 1. The second-order valence-corrected chi connectivity index (χ2v) is 5.91. The first-order chi connectivity index (χ1) is 9.06. The number of benzene rings is 1. The molecule has 2 aromatic rings. The van der Waals surface area contributed by atoms with Crippen LogP contribution in [-0.2, 0) is 13.1 Å². The Kier molecular flexibility index (Phi) is 4.35. The minimum atomic E-state index is -0.843. The summed E-state index contributed by atoms with van der Waals surface area (Å²) in [6.45, 7) is 3.60. The molecule has 1 aromatic carbocycles. The SMILES string of the molecule is Cc1sc(C(=O)O)cc1CN(C)Cc1ccccc1. The van der Waals surface area contributed by atoms with Gasteiger partial charge in [0.05, 0.1) is 0 Å². The van der Waals surface area contributed by atoms with Crippen molar-refractivity contribution in [3.63, 3.8) is 0 Å². The maximum Gasteiger partial charge on any atom is 0.345 e. The van der Waals surface area contributed by atoms with E-state index in [-0.39, 0.29) is 0 Å². The van der Waals surface area contributed by atoms with Crippen molar-refractivity contribution in [1.82, 2.24) is 4.90 Å². The zero-order valence-electron chi connectivity index (χ0n) is 11.1. The number of aromatic carboxylic acids is 1. The highest BCUT2D eigenvalue weighted by atomic mass is 32.1. The Morgan fingerprint density at radius 2 is 1.95 bits per heavy atom. The number of aryl methyl sites for hydroxylation is 1. The Balaban J connectivity index is 2.03. The molecule has 0 unspecified atom stereocenters. The van der Waals surface area contributed by atoms with Gasteiger partial charge >= 0.3 is 5.97 Å². The van der Waals surface area contributed by atoms with Gasteiger partial charge in [-0.3, -0.25) is 4.90 Å². The lowest BCUT2D eigenvalue weighted by Crippen LogP contribution is -2.17. The van der Waals surface area contributed by atoms with E-state index in [4.69, 9.17) is 5.11 Å². The monoisotopic (exact) mass is 275 g/mol. The first-order valence-corrected chi connectivity index (χ1v) is 6.93. The van der Waals surface area contributed by atoms with Crippen LogP contribution < -0.4 is 0 Å². The zero-order valence-corrected chi connectivity index (χ0v) is 11.9. The van der Waals surface area contributed by atoms with Crippen LogP contribution in [0, 0.1) is 6.92 Å². The first-order valence-electron chi connectivity index (χ1n) is 6.11. The van der Waals surface area contributed by atoms with Crippen molar-refractivity contribution in [2.75, 3.05) is 7.05 Å². The number of rotatable bonds is 5. The Morgan fingerprint density at radius 1 is 1.26 bits per heavy atom. The highest BCUT2D eigenvalue weighted by molar-refractivity contribution is 7.14. The second kappa shape index (κ2) is 5.99. The van der Waals surface area contributed by atoms with Crippen molar-refractivity contribution in [3.05, 3.63) is 57.3 Å². The minimum absolute atomic E-state index is 0.417. The van der Waals surface area contributed by atoms with Gasteiger partial charge in [0.2, 0.25) is 0 Å². The van der Waals surface area contributed by atoms with Crippen LogP contribution in [0.15, 0.2) is 36.4 Å². The number of nitrogens with zero attached hydrogens (tertiary/aromatic N) is 1. The highest BCUT2D eigenvalue weighted by Crippen LogP contribution is 2.23. The summed E-state index contributed by atoms with van der Waals surface area (Å²) in [7, 11) is 2.05. The number of carboxylic acids is 1. The fraction of sp³-hybridized carbons (Fsp3) is 0.267. The summed E-state index contributed by atoms with van der Waals surface area (Å²) >= 11 is 1.34. The average molecular weight is 275 g/mol. The molecule has 4 heteroatoms. The molecule has 1 aromatic heterocycles. The van der Waals surface area contributed by atoms with Crippen LogP contribution in [0.4, 0.5) is 0 Å².